The topological polar surface area (TPSA) is 117 Å². The number of nitrogens with two attached hydrogens (primary N) is 1. The van der Waals surface area contributed by atoms with E-state index in [2.05, 4.69) is 30.0 Å². The van der Waals surface area contributed by atoms with Crippen LogP contribution in [0.1, 0.15) is 41.8 Å². The molecule has 4 rings (SSSR count). The molecule has 9 heteroatoms. The van der Waals surface area contributed by atoms with E-state index < -0.39 is 0 Å². The minimum absolute atomic E-state index is 0.216. The zero-order valence-corrected chi connectivity index (χ0v) is 14.1. The van der Waals surface area contributed by atoms with Gasteiger partial charge in [0.1, 0.15) is 11.3 Å². The van der Waals surface area contributed by atoms with E-state index in [-0.39, 0.29) is 5.91 Å². The number of fused-ring (bicyclic) bond motifs is 2. The Hall–Kier alpha value is -2.97. The third-order valence-corrected chi connectivity index (χ3v) is 4.54. The Labute approximate surface area is 144 Å². The number of anilines is 1. The highest BCUT2D eigenvalue weighted by molar-refractivity contribution is 5.96. The summed E-state index contributed by atoms with van der Waals surface area (Å²) in [6, 6.07) is 1.71. The second-order valence-electron chi connectivity index (χ2n) is 6.10. The number of aryl methyl sites for hydroxylation is 2. The van der Waals surface area contributed by atoms with Crippen molar-refractivity contribution in [2.45, 2.75) is 45.8 Å². The highest BCUT2D eigenvalue weighted by Gasteiger charge is 2.17. The number of amides is 1. The molecular formula is C16H20N8O. The van der Waals surface area contributed by atoms with E-state index in [0.29, 0.717) is 35.8 Å². The molecule has 0 fully saturated rings. The molecule has 4 heterocycles. The molecule has 0 atom stereocenters. The molecule has 3 aromatic rings. The van der Waals surface area contributed by atoms with Gasteiger partial charge in [-0.2, -0.15) is 0 Å². The molecule has 9 nitrogen and oxygen atoms in total. The number of rotatable bonds is 4. The van der Waals surface area contributed by atoms with Crippen LogP contribution in [0.2, 0.25) is 0 Å². The summed E-state index contributed by atoms with van der Waals surface area (Å²) in [7, 11) is 0. The quantitative estimate of drug-likeness (QED) is 0.728. The van der Waals surface area contributed by atoms with Gasteiger partial charge in [-0.3, -0.25) is 9.36 Å². The predicted molar refractivity (Wildman–Crippen MR) is 91.7 cm³/mol. The van der Waals surface area contributed by atoms with E-state index in [9.17, 15) is 4.79 Å². The molecule has 0 radical (unpaired) electrons. The summed E-state index contributed by atoms with van der Waals surface area (Å²) in [6.45, 7) is 3.90. The molecule has 0 bridgehead atoms. The summed E-state index contributed by atoms with van der Waals surface area (Å²) >= 11 is 0. The third-order valence-electron chi connectivity index (χ3n) is 4.54. The Bertz CT molecular complexity index is 941. The first-order valence-corrected chi connectivity index (χ1v) is 8.48. The maximum atomic E-state index is 12.4. The van der Waals surface area contributed by atoms with Crippen LogP contribution in [0, 0.1) is 0 Å². The summed E-state index contributed by atoms with van der Waals surface area (Å²) in [5.41, 5.74) is 7.62. The SMILES string of the molecule is CCn1c(N)nc2cc(C(=O)NCc3nnc4n3CCCC4)cnc21. The normalized spacial score (nSPS) is 13.8. The monoisotopic (exact) mass is 340 g/mol. The van der Waals surface area contributed by atoms with Gasteiger partial charge in [-0.15, -0.1) is 10.2 Å². The zero-order valence-electron chi connectivity index (χ0n) is 14.1. The zero-order chi connectivity index (χ0) is 17.4. The molecule has 130 valence electrons. The second-order valence-corrected chi connectivity index (χ2v) is 6.10. The van der Waals surface area contributed by atoms with Crippen LogP contribution in [0.5, 0.6) is 0 Å². The summed E-state index contributed by atoms with van der Waals surface area (Å²) < 4.78 is 3.90. The van der Waals surface area contributed by atoms with Gasteiger partial charge in [-0.25, -0.2) is 9.97 Å². The van der Waals surface area contributed by atoms with Crippen LogP contribution < -0.4 is 11.1 Å². The number of pyridine rings is 1. The van der Waals surface area contributed by atoms with E-state index in [1.54, 1.807) is 16.8 Å². The van der Waals surface area contributed by atoms with Crippen molar-refractivity contribution in [2.75, 3.05) is 5.73 Å². The van der Waals surface area contributed by atoms with Crippen molar-refractivity contribution in [3.05, 3.63) is 29.5 Å². The number of hydrogen-bond donors (Lipinski definition) is 2. The van der Waals surface area contributed by atoms with Gasteiger partial charge < -0.3 is 15.6 Å². The van der Waals surface area contributed by atoms with E-state index >= 15 is 0 Å². The number of carbonyl (C=O) groups excluding carboxylic acids is 1. The molecule has 0 unspecified atom stereocenters. The average Bonchev–Trinajstić information content (AvgIpc) is 3.18. The number of carbonyl (C=O) groups is 1. The Morgan fingerprint density at radius 2 is 2.24 bits per heavy atom. The van der Waals surface area contributed by atoms with Crippen LogP contribution in [0.4, 0.5) is 5.95 Å². The van der Waals surface area contributed by atoms with Crippen molar-refractivity contribution in [1.29, 1.82) is 0 Å². The summed E-state index contributed by atoms with van der Waals surface area (Å²) in [5, 5.41) is 11.3. The van der Waals surface area contributed by atoms with Gasteiger partial charge in [-0.05, 0) is 25.8 Å². The lowest BCUT2D eigenvalue weighted by molar-refractivity contribution is 0.0949. The molecule has 0 aliphatic carbocycles. The molecule has 1 amide bonds. The molecule has 1 aliphatic rings. The van der Waals surface area contributed by atoms with Gasteiger partial charge in [0.05, 0.1) is 12.1 Å². The van der Waals surface area contributed by atoms with Crippen LogP contribution in [-0.4, -0.2) is 35.2 Å². The summed E-state index contributed by atoms with van der Waals surface area (Å²) in [4.78, 5) is 21.0. The number of imidazole rings is 1. The lowest BCUT2D eigenvalue weighted by Crippen LogP contribution is -2.25. The molecule has 0 saturated carbocycles. The maximum absolute atomic E-state index is 12.4. The number of nitrogen functional groups attached to an aromatic ring is 1. The van der Waals surface area contributed by atoms with Crippen LogP contribution in [-0.2, 0) is 26.1 Å². The van der Waals surface area contributed by atoms with Gasteiger partial charge in [0.25, 0.3) is 5.91 Å². The van der Waals surface area contributed by atoms with Gasteiger partial charge in [0.15, 0.2) is 11.5 Å². The largest absolute Gasteiger partial charge is 0.369 e. The molecule has 3 aromatic heterocycles. The van der Waals surface area contributed by atoms with Crippen LogP contribution in [0.25, 0.3) is 11.2 Å². The predicted octanol–water partition coefficient (Wildman–Crippen LogP) is 0.891. The Balaban J connectivity index is 1.51. The van der Waals surface area contributed by atoms with Crippen LogP contribution in [0.3, 0.4) is 0 Å². The first-order chi connectivity index (χ1) is 12.2. The van der Waals surface area contributed by atoms with Crippen molar-refractivity contribution < 1.29 is 4.79 Å². The minimum Gasteiger partial charge on any atom is -0.369 e. The fourth-order valence-electron chi connectivity index (χ4n) is 3.23. The molecule has 3 N–H and O–H groups in total. The highest BCUT2D eigenvalue weighted by atomic mass is 16.1. The second kappa shape index (κ2) is 6.15. The highest BCUT2D eigenvalue weighted by Crippen LogP contribution is 2.17. The summed E-state index contributed by atoms with van der Waals surface area (Å²) in [5.74, 6) is 1.97. The molecule has 25 heavy (non-hydrogen) atoms. The van der Waals surface area contributed by atoms with E-state index in [1.807, 2.05) is 6.92 Å². The Morgan fingerprint density at radius 1 is 1.36 bits per heavy atom. The van der Waals surface area contributed by atoms with Crippen LogP contribution >= 0.6 is 0 Å². The standard InChI is InChI=1S/C16H20N8O/c1-2-23-14-11(20-16(23)17)7-10(8-18-14)15(25)19-9-13-22-21-12-5-3-4-6-24(12)13/h7-8H,2-6,9H2,1H3,(H2,17,20)(H,19,25). The van der Waals surface area contributed by atoms with E-state index in [1.165, 1.54) is 0 Å². The van der Waals surface area contributed by atoms with Gasteiger partial charge in [-0.1, -0.05) is 0 Å². The Kier molecular flexibility index (Phi) is 3.83. The average molecular weight is 340 g/mol. The van der Waals surface area contributed by atoms with Gasteiger partial charge in [0.2, 0.25) is 5.95 Å². The molecule has 0 saturated heterocycles. The van der Waals surface area contributed by atoms with Crippen molar-refractivity contribution in [2.24, 2.45) is 0 Å². The third kappa shape index (κ3) is 2.71. The van der Waals surface area contributed by atoms with Crippen molar-refractivity contribution in [3.63, 3.8) is 0 Å². The number of nitrogens with zero attached hydrogens (tertiary/aromatic N) is 6. The Morgan fingerprint density at radius 3 is 3.08 bits per heavy atom. The maximum Gasteiger partial charge on any atom is 0.253 e. The van der Waals surface area contributed by atoms with Crippen molar-refractivity contribution >= 4 is 23.0 Å². The first-order valence-electron chi connectivity index (χ1n) is 8.48. The smallest absolute Gasteiger partial charge is 0.253 e. The number of aromatic nitrogens is 6. The summed E-state index contributed by atoms with van der Waals surface area (Å²) in [6.07, 6.45) is 4.76. The fourth-order valence-corrected chi connectivity index (χ4v) is 3.23. The van der Waals surface area contributed by atoms with E-state index in [0.717, 1.165) is 37.5 Å². The molecular weight excluding hydrogens is 320 g/mol. The molecule has 0 spiro atoms. The van der Waals surface area contributed by atoms with Crippen molar-refractivity contribution in [3.8, 4) is 0 Å². The lowest BCUT2D eigenvalue weighted by atomic mass is 10.2. The first kappa shape index (κ1) is 15.6. The van der Waals surface area contributed by atoms with Gasteiger partial charge in [0, 0.05) is 25.7 Å². The van der Waals surface area contributed by atoms with Crippen LogP contribution in [0.15, 0.2) is 12.3 Å². The lowest BCUT2D eigenvalue weighted by Gasteiger charge is -2.14. The van der Waals surface area contributed by atoms with Crippen molar-refractivity contribution in [1.82, 2.24) is 34.6 Å². The van der Waals surface area contributed by atoms with E-state index in [4.69, 9.17) is 5.73 Å². The fraction of sp³-hybridized carbons (Fsp3) is 0.438. The number of nitrogens with one attached hydrogen (secondary N) is 1. The molecule has 0 aromatic carbocycles. The van der Waals surface area contributed by atoms with Gasteiger partial charge >= 0.3 is 0 Å². The molecule has 1 aliphatic heterocycles. The minimum atomic E-state index is -0.216. The number of hydrogen-bond acceptors (Lipinski definition) is 6.